The van der Waals surface area contributed by atoms with Gasteiger partial charge < -0.3 is 15.0 Å². The van der Waals surface area contributed by atoms with Crippen LogP contribution in [0.15, 0.2) is 24.3 Å². The van der Waals surface area contributed by atoms with Gasteiger partial charge in [0.15, 0.2) is 0 Å². The third-order valence-corrected chi connectivity index (χ3v) is 5.94. The van der Waals surface area contributed by atoms with Crippen molar-refractivity contribution in [1.82, 2.24) is 15.1 Å². The quantitative estimate of drug-likeness (QED) is 0.773. The standard InChI is InChI=1S/C20H27N3O4/c1-22-16(18(25)23(2)19(22)26)12-17(24)21-13-20(10-4-5-11-20)14-6-8-15(27-3)9-7-14/h6-9,16H,4-5,10-13H2,1-3H3,(H,21,24). The minimum atomic E-state index is -0.719. The highest BCUT2D eigenvalue weighted by atomic mass is 16.5. The van der Waals surface area contributed by atoms with Crippen LogP contribution in [0.2, 0.25) is 0 Å². The summed E-state index contributed by atoms with van der Waals surface area (Å²) in [5, 5.41) is 3.01. The van der Waals surface area contributed by atoms with Crippen LogP contribution in [0.3, 0.4) is 0 Å². The van der Waals surface area contributed by atoms with Crippen LogP contribution in [0.1, 0.15) is 37.7 Å². The predicted molar refractivity (Wildman–Crippen MR) is 100 cm³/mol. The number of methoxy groups -OCH3 is 1. The van der Waals surface area contributed by atoms with Gasteiger partial charge in [0.2, 0.25) is 5.91 Å². The zero-order chi connectivity index (χ0) is 19.6. The van der Waals surface area contributed by atoms with Crippen molar-refractivity contribution in [3.05, 3.63) is 29.8 Å². The molecule has 1 aromatic carbocycles. The molecular weight excluding hydrogens is 346 g/mol. The lowest BCUT2D eigenvalue weighted by atomic mass is 9.78. The number of likely N-dealkylation sites (N-methyl/N-ethyl adjacent to an activating group) is 2. The zero-order valence-corrected chi connectivity index (χ0v) is 16.2. The molecule has 7 heteroatoms. The molecule has 1 saturated heterocycles. The van der Waals surface area contributed by atoms with Gasteiger partial charge in [-0.15, -0.1) is 0 Å². The van der Waals surface area contributed by atoms with Crippen LogP contribution in [-0.2, 0) is 15.0 Å². The summed E-state index contributed by atoms with van der Waals surface area (Å²) in [5.41, 5.74) is 1.12. The van der Waals surface area contributed by atoms with Crippen molar-refractivity contribution in [2.45, 2.75) is 43.6 Å². The van der Waals surface area contributed by atoms with Crippen LogP contribution in [0.4, 0.5) is 4.79 Å². The Hall–Kier alpha value is -2.57. The van der Waals surface area contributed by atoms with Gasteiger partial charge in [-0.3, -0.25) is 14.5 Å². The van der Waals surface area contributed by atoms with Crippen molar-refractivity contribution >= 4 is 17.8 Å². The van der Waals surface area contributed by atoms with E-state index in [0.717, 1.165) is 36.3 Å². The van der Waals surface area contributed by atoms with E-state index in [-0.39, 0.29) is 29.7 Å². The lowest BCUT2D eigenvalue weighted by Gasteiger charge is -2.30. The smallest absolute Gasteiger partial charge is 0.326 e. The van der Waals surface area contributed by atoms with Crippen LogP contribution in [0.5, 0.6) is 5.75 Å². The number of benzene rings is 1. The third kappa shape index (κ3) is 3.63. The maximum absolute atomic E-state index is 12.5. The molecule has 0 aromatic heterocycles. The van der Waals surface area contributed by atoms with Gasteiger partial charge in [-0.1, -0.05) is 25.0 Å². The van der Waals surface area contributed by atoms with Crippen molar-refractivity contribution in [3.63, 3.8) is 0 Å². The molecule has 1 heterocycles. The average molecular weight is 373 g/mol. The summed E-state index contributed by atoms with van der Waals surface area (Å²) in [5.74, 6) is 0.277. The number of ether oxygens (including phenoxy) is 1. The fraction of sp³-hybridized carbons (Fsp3) is 0.550. The maximum Gasteiger partial charge on any atom is 0.326 e. The second-order valence-corrected chi connectivity index (χ2v) is 7.50. The fourth-order valence-electron chi connectivity index (χ4n) is 4.16. The first kappa shape index (κ1) is 19.2. The van der Waals surface area contributed by atoms with E-state index in [2.05, 4.69) is 17.4 Å². The van der Waals surface area contributed by atoms with Crippen molar-refractivity contribution in [3.8, 4) is 5.75 Å². The van der Waals surface area contributed by atoms with Gasteiger partial charge in [0, 0.05) is 26.1 Å². The Morgan fingerprint density at radius 3 is 2.33 bits per heavy atom. The Kier molecular flexibility index (Phi) is 5.39. The van der Waals surface area contributed by atoms with Gasteiger partial charge in [0.1, 0.15) is 11.8 Å². The summed E-state index contributed by atoms with van der Waals surface area (Å²) in [4.78, 5) is 38.9. The number of urea groups is 1. The molecule has 0 radical (unpaired) electrons. The fourth-order valence-corrected chi connectivity index (χ4v) is 4.16. The van der Waals surface area contributed by atoms with Crippen molar-refractivity contribution < 1.29 is 19.1 Å². The molecule has 2 aliphatic rings. The van der Waals surface area contributed by atoms with Crippen molar-refractivity contribution in [1.29, 1.82) is 0 Å². The highest BCUT2D eigenvalue weighted by Gasteiger charge is 2.42. The number of imide groups is 1. The number of amides is 4. The maximum atomic E-state index is 12.5. The second-order valence-electron chi connectivity index (χ2n) is 7.50. The number of rotatable bonds is 6. The molecule has 4 amide bonds. The Morgan fingerprint density at radius 2 is 1.81 bits per heavy atom. The molecular formula is C20H27N3O4. The molecule has 1 atom stereocenters. The number of hydrogen-bond acceptors (Lipinski definition) is 4. The average Bonchev–Trinajstić information content (AvgIpc) is 3.24. The molecule has 0 bridgehead atoms. The van der Waals surface area contributed by atoms with Gasteiger partial charge in [0.05, 0.1) is 13.5 Å². The monoisotopic (exact) mass is 373 g/mol. The van der Waals surface area contributed by atoms with E-state index in [0.29, 0.717) is 6.54 Å². The van der Waals surface area contributed by atoms with Crippen LogP contribution in [0.25, 0.3) is 0 Å². The molecule has 1 aromatic rings. The Balaban J connectivity index is 1.65. The SMILES string of the molecule is COc1ccc(C2(CNC(=O)CC3C(=O)N(C)C(=O)N3C)CCCC2)cc1. The van der Waals surface area contributed by atoms with E-state index in [9.17, 15) is 14.4 Å². The van der Waals surface area contributed by atoms with Gasteiger partial charge in [-0.25, -0.2) is 4.79 Å². The summed E-state index contributed by atoms with van der Waals surface area (Å²) >= 11 is 0. The first-order chi connectivity index (χ1) is 12.9. The van der Waals surface area contributed by atoms with Gasteiger partial charge in [0.25, 0.3) is 5.91 Å². The Labute approximate surface area is 159 Å². The molecule has 2 fully saturated rings. The summed E-state index contributed by atoms with van der Waals surface area (Å²) in [6.45, 7) is 0.534. The summed E-state index contributed by atoms with van der Waals surface area (Å²) in [6, 6.07) is 6.94. The molecule has 1 unspecified atom stereocenters. The lowest BCUT2D eigenvalue weighted by Crippen LogP contribution is -2.42. The van der Waals surface area contributed by atoms with E-state index in [1.165, 1.54) is 17.5 Å². The molecule has 3 rings (SSSR count). The Bertz CT molecular complexity index is 725. The molecule has 146 valence electrons. The number of carbonyl (C=O) groups excluding carboxylic acids is 3. The summed E-state index contributed by atoms with van der Waals surface area (Å²) < 4.78 is 5.24. The highest BCUT2D eigenvalue weighted by Crippen LogP contribution is 2.41. The minimum Gasteiger partial charge on any atom is -0.497 e. The summed E-state index contributed by atoms with van der Waals surface area (Å²) in [6.07, 6.45) is 4.28. The zero-order valence-electron chi connectivity index (χ0n) is 16.2. The largest absolute Gasteiger partial charge is 0.497 e. The first-order valence-electron chi connectivity index (χ1n) is 9.33. The van der Waals surface area contributed by atoms with E-state index in [4.69, 9.17) is 4.74 Å². The number of carbonyl (C=O) groups is 3. The van der Waals surface area contributed by atoms with Crippen LogP contribution in [0, 0.1) is 0 Å². The first-order valence-corrected chi connectivity index (χ1v) is 9.33. The van der Waals surface area contributed by atoms with E-state index in [1.807, 2.05) is 12.1 Å². The van der Waals surface area contributed by atoms with E-state index in [1.54, 1.807) is 14.2 Å². The number of nitrogens with zero attached hydrogens (tertiary/aromatic N) is 2. The van der Waals surface area contributed by atoms with Crippen molar-refractivity contribution in [2.75, 3.05) is 27.7 Å². The number of nitrogens with one attached hydrogen (secondary N) is 1. The van der Waals surface area contributed by atoms with Gasteiger partial charge in [-0.05, 0) is 30.5 Å². The molecule has 1 aliphatic heterocycles. The predicted octanol–water partition coefficient (Wildman–Crippen LogP) is 1.91. The van der Waals surface area contributed by atoms with Crippen LogP contribution in [-0.4, -0.2) is 61.4 Å². The van der Waals surface area contributed by atoms with E-state index >= 15 is 0 Å². The molecule has 0 spiro atoms. The molecule has 7 nitrogen and oxygen atoms in total. The molecule has 1 saturated carbocycles. The second kappa shape index (κ2) is 7.58. The van der Waals surface area contributed by atoms with Crippen molar-refractivity contribution in [2.24, 2.45) is 0 Å². The molecule has 1 aliphatic carbocycles. The minimum absolute atomic E-state index is 0.00982. The highest BCUT2D eigenvalue weighted by molar-refractivity contribution is 6.05. The van der Waals surface area contributed by atoms with Gasteiger partial charge >= 0.3 is 6.03 Å². The normalized spacial score (nSPS) is 21.7. The molecule has 1 N–H and O–H groups in total. The Morgan fingerprint density at radius 1 is 1.19 bits per heavy atom. The third-order valence-electron chi connectivity index (χ3n) is 5.94. The summed E-state index contributed by atoms with van der Waals surface area (Å²) in [7, 11) is 4.64. The van der Waals surface area contributed by atoms with E-state index < -0.39 is 6.04 Å². The molecule has 27 heavy (non-hydrogen) atoms. The van der Waals surface area contributed by atoms with Crippen LogP contribution >= 0.6 is 0 Å². The van der Waals surface area contributed by atoms with Gasteiger partial charge in [-0.2, -0.15) is 0 Å². The topological polar surface area (TPSA) is 79.0 Å². The van der Waals surface area contributed by atoms with Crippen LogP contribution < -0.4 is 10.1 Å². The lowest BCUT2D eigenvalue weighted by molar-refractivity contribution is -0.131. The number of hydrogen-bond donors (Lipinski definition) is 1.